The number of rotatable bonds is 11. The van der Waals surface area contributed by atoms with Crippen LogP contribution in [-0.4, -0.2) is 17.5 Å². The van der Waals surface area contributed by atoms with Crippen LogP contribution in [0.3, 0.4) is 0 Å². The van der Waals surface area contributed by atoms with E-state index in [1.165, 1.54) is 22.3 Å². The molecule has 1 fully saturated rings. The highest BCUT2D eigenvalue weighted by Crippen LogP contribution is 2.49. The molecule has 40 heavy (non-hydrogen) atoms. The van der Waals surface area contributed by atoms with Gasteiger partial charge in [-0.05, 0) is 65.3 Å². The van der Waals surface area contributed by atoms with Crippen LogP contribution in [0, 0.1) is 5.92 Å². The largest absolute Gasteiger partial charge is 0.457 e. The smallest absolute Gasteiger partial charge is 0.127 e. The van der Waals surface area contributed by atoms with Gasteiger partial charge in [0, 0.05) is 5.25 Å². The zero-order chi connectivity index (χ0) is 27.7. The number of thioether (sulfide) groups is 1. The first-order chi connectivity index (χ1) is 19.6. The third-order valence-electron chi connectivity index (χ3n) is 7.78. The molecule has 0 spiro atoms. The van der Waals surface area contributed by atoms with Crippen molar-refractivity contribution in [1.82, 2.24) is 0 Å². The number of ether oxygens (including phenoxy) is 3. The zero-order valence-electron chi connectivity index (χ0n) is 23.7. The van der Waals surface area contributed by atoms with Gasteiger partial charge in [-0.25, -0.2) is 0 Å². The molecule has 4 aromatic rings. The van der Waals surface area contributed by atoms with Gasteiger partial charge in [0.05, 0.1) is 24.6 Å². The highest BCUT2D eigenvalue weighted by atomic mass is 32.2. The summed E-state index contributed by atoms with van der Waals surface area (Å²) in [6.45, 7) is 7.90. The molecule has 0 unspecified atom stereocenters. The summed E-state index contributed by atoms with van der Waals surface area (Å²) in [5.74, 6) is 2.05. The molecule has 0 radical (unpaired) electrons. The minimum absolute atomic E-state index is 0.0359. The van der Waals surface area contributed by atoms with Crippen LogP contribution in [0.15, 0.2) is 109 Å². The van der Waals surface area contributed by atoms with Crippen LogP contribution in [0.2, 0.25) is 0 Å². The fourth-order valence-corrected chi connectivity index (χ4v) is 7.12. The minimum atomic E-state index is -0.106. The Hall–Kier alpha value is -3.05. The van der Waals surface area contributed by atoms with Gasteiger partial charge < -0.3 is 14.2 Å². The molecule has 0 amide bonds. The van der Waals surface area contributed by atoms with Gasteiger partial charge >= 0.3 is 0 Å². The summed E-state index contributed by atoms with van der Waals surface area (Å²) in [6.07, 6.45) is 1.96. The normalized spacial score (nSPS) is 22.6. The van der Waals surface area contributed by atoms with Gasteiger partial charge in [-0.2, -0.15) is 0 Å². The molecule has 1 heterocycles. The summed E-state index contributed by atoms with van der Waals surface area (Å²) in [7, 11) is 0. The van der Waals surface area contributed by atoms with Crippen LogP contribution in [-0.2, 0) is 29.1 Å². The van der Waals surface area contributed by atoms with Crippen LogP contribution in [0.4, 0.5) is 0 Å². The Labute approximate surface area is 243 Å². The summed E-state index contributed by atoms with van der Waals surface area (Å²) < 4.78 is 19.8. The summed E-state index contributed by atoms with van der Waals surface area (Å²) >= 11 is 2.02. The van der Waals surface area contributed by atoms with Gasteiger partial charge in [-0.15, -0.1) is 11.8 Å². The molecule has 5 atom stereocenters. The molecule has 0 saturated carbocycles. The maximum Gasteiger partial charge on any atom is 0.127 e. The van der Waals surface area contributed by atoms with E-state index in [9.17, 15) is 0 Å². The Bertz CT molecular complexity index is 1310. The van der Waals surface area contributed by atoms with Crippen molar-refractivity contribution in [3.05, 3.63) is 131 Å². The lowest BCUT2D eigenvalue weighted by Crippen LogP contribution is -2.48. The molecule has 0 aromatic heterocycles. The van der Waals surface area contributed by atoms with Crippen LogP contribution in [0.5, 0.6) is 11.5 Å². The molecule has 4 aromatic carbocycles. The predicted octanol–water partition coefficient (Wildman–Crippen LogP) is 9.41. The quantitative estimate of drug-likeness (QED) is 0.185. The summed E-state index contributed by atoms with van der Waals surface area (Å²) in [5.41, 5.74) is 4.87. The summed E-state index contributed by atoms with van der Waals surface area (Å²) in [5, 5.41) is 0.588. The Morgan fingerprint density at radius 3 is 1.85 bits per heavy atom. The van der Waals surface area contributed by atoms with Gasteiger partial charge in [0.1, 0.15) is 17.6 Å². The summed E-state index contributed by atoms with van der Waals surface area (Å²) in [4.78, 5) is 0. The van der Waals surface area contributed by atoms with Gasteiger partial charge in [-0.1, -0.05) is 106 Å². The summed E-state index contributed by atoms with van der Waals surface area (Å²) in [6, 6.07) is 37.8. The van der Waals surface area contributed by atoms with Crippen molar-refractivity contribution in [3.63, 3.8) is 0 Å². The molecule has 1 aliphatic rings. The highest BCUT2D eigenvalue weighted by Gasteiger charge is 2.45. The molecular formula is C36H40O3S. The van der Waals surface area contributed by atoms with E-state index in [0.717, 1.165) is 24.3 Å². The Balaban J connectivity index is 1.43. The topological polar surface area (TPSA) is 27.7 Å². The second-order valence-corrected chi connectivity index (χ2v) is 11.9. The molecule has 1 saturated heterocycles. The molecular weight excluding hydrogens is 512 g/mol. The van der Waals surface area contributed by atoms with E-state index in [2.05, 4.69) is 112 Å². The van der Waals surface area contributed by atoms with E-state index in [4.69, 9.17) is 14.2 Å². The van der Waals surface area contributed by atoms with Gasteiger partial charge in [0.2, 0.25) is 0 Å². The third-order valence-corrected chi connectivity index (χ3v) is 9.72. The molecule has 0 aliphatic carbocycles. The van der Waals surface area contributed by atoms with Gasteiger partial charge in [-0.3, -0.25) is 0 Å². The first-order valence-corrected chi connectivity index (χ1v) is 15.4. The molecule has 0 N–H and O–H groups in total. The lowest BCUT2D eigenvalue weighted by Gasteiger charge is -2.45. The molecule has 208 valence electrons. The van der Waals surface area contributed by atoms with E-state index in [0.29, 0.717) is 24.4 Å². The van der Waals surface area contributed by atoms with E-state index < -0.39 is 0 Å². The number of hydrogen-bond acceptors (Lipinski definition) is 4. The second kappa shape index (κ2) is 14.0. The first kappa shape index (κ1) is 28.5. The first-order valence-electron chi connectivity index (χ1n) is 14.5. The molecule has 0 bridgehead atoms. The van der Waals surface area contributed by atoms with Gasteiger partial charge in [0.15, 0.2) is 0 Å². The van der Waals surface area contributed by atoms with Crippen molar-refractivity contribution in [2.24, 2.45) is 5.92 Å². The van der Waals surface area contributed by atoms with E-state index in [1.54, 1.807) is 0 Å². The lowest BCUT2D eigenvalue weighted by atomic mass is 9.89. The van der Waals surface area contributed by atoms with Gasteiger partial charge in [0.25, 0.3) is 0 Å². The molecule has 3 nitrogen and oxygen atoms in total. The standard InChI is InChI=1S/C36H40O3S/c1-4-27-19-21-31(22-20-27)39-32-18-12-17-30(23-32)36-35(38-25-29-15-10-7-11-16-29)34(26(3)33(5-2)40-36)37-24-28-13-8-6-9-14-28/h6-23,26,33-36H,4-5,24-25H2,1-3H3/t26-,33-,34+,35-,36+/m1/s1. The predicted molar refractivity (Wildman–Crippen MR) is 166 cm³/mol. The fraction of sp³-hybridized carbons (Fsp3) is 0.333. The van der Waals surface area contributed by atoms with Crippen molar-refractivity contribution >= 4 is 11.8 Å². The van der Waals surface area contributed by atoms with Crippen molar-refractivity contribution in [1.29, 1.82) is 0 Å². The van der Waals surface area contributed by atoms with Crippen molar-refractivity contribution in [3.8, 4) is 11.5 Å². The SMILES string of the molecule is CCc1ccc(Oc2cccc([C@@H]3S[C@H](CC)[C@@H](C)[C@H](OCc4ccccc4)[C@H]3OCc3ccccc3)c2)cc1. The van der Waals surface area contributed by atoms with Crippen molar-refractivity contribution in [2.75, 3.05) is 0 Å². The van der Waals surface area contributed by atoms with Crippen LogP contribution >= 0.6 is 11.8 Å². The average molecular weight is 553 g/mol. The molecule has 1 aliphatic heterocycles. The maximum atomic E-state index is 6.80. The lowest BCUT2D eigenvalue weighted by molar-refractivity contribution is -0.112. The van der Waals surface area contributed by atoms with Crippen LogP contribution < -0.4 is 4.74 Å². The third kappa shape index (κ3) is 7.17. The van der Waals surface area contributed by atoms with Crippen LogP contribution in [0.1, 0.15) is 54.7 Å². The number of benzene rings is 4. The van der Waals surface area contributed by atoms with Crippen molar-refractivity contribution in [2.45, 2.75) is 69.5 Å². The number of hydrogen-bond donors (Lipinski definition) is 0. The van der Waals surface area contributed by atoms with Crippen LogP contribution in [0.25, 0.3) is 0 Å². The van der Waals surface area contributed by atoms with Crippen molar-refractivity contribution < 1.29 is 14.2 Å². The Kier molecular flexibility index (Phi) is 9.99. The Morgan fingerprint density at radius 1 is 0.625 bits per heavy atom. The van der Waals surface area contributed by atoms with E-state index in [1.807, 2.05) is 30.0 Å². The average Bonchev–Trinajstić information content (AvgIpc) is 3.01. The minimum Gasteiger partial charge on any atom is -0.457 e. The second-order valence-electron chi connectivity index (χ2n) is 10.6. The number of aryl methyl sites for hydroxylation is 1. The monoisotopic (exact) mass is 552 g/mol. The molecule has 5 rings (SSSR count). The maximum absolute atomic E-state index is 6.80. The van der Waals surface area contributed by atoms with E-state index in [-0.39, 0.29) is 17.5 Å². The zero-order valence-corrected chi connectivity index (χ0v) is 24.6. The van der Waals surface area contributed by atoms with E-state index >= 15 is 0 Å². The molecule has 4 heteroatoms. The fourth-order valence-electron chi connectivity index (χ4n) is 5.46. The Morgan fingerprint density at radius 2 is 1.25 bits per heavy atom. The highest BCUT2D eigenvalue weighted by molar-refractivity contribution is 8.00.